The predicted molar refractivity (Wildman–Crippen MR) is 143 cm³/mol. The molecule has 0 radical (unpaired) electrons. The van der Waals surface area contributed by atoms with Crippen LogP contribution in [0.3, 0.4) is 0 Å². The first-order valence-electron chi connectivity index (χ1n) is 12.5. The van der Waals surface area contributed by atoms with Gasteiger partial charge in [0.25, 0.3) is 5.91 Å². The van der Waals surface area contributed by atoms with Gasteiger partial charge in [0, 0.05) is 12.2 Å². The van der Waals surface area contributed by atoms with E-state index >= 15 is 0 Å². The highest BCUT2D eigenvalue weighted by atomic mass is 32.1. The largest absolute Gasteiger partial charge is 0.497 e. The van der Waals surface area contributed by atoms with Crippen molar-refractivity contribution in [3.63, 3.8) is 0 Å². The zero-order valence-corrected chi connectivity index (χ0v) is 21.6. The number of nitrogens with one attached hydrogen (secondary N) is 1. The third-order valence-corrected chi connectivity index (χ3v) is 7.27. The maximum atomic E-state index is 13.6. The molecule has 0 saturated carbocycles. The van der Waals surface area contributed by atoms with Crippen LogP contribution in [0.4, 0.5) is 15.8 Å². The molecule has 2 aliphatic rings. The number of ether oxygens (including phenoxy) is 1. The Bertz CT molecular complexity index is 1070. The number of thiocarbonyl (C=S) groups is 1. The van der Waals surface area contributed by atoms with Gasteiger partial charge >= 0.3 is 0 Å². The average molecular weight is 513 g/mol. The van der Waals surface area contributed by atoms with E-state index in [9.17, 15) is 14.0 Å². The van der Waals surface area contributed by atoms with E-state index in [2.05, 4.69) is 17.1 Å². The van der Waals surface area contributed by atoms with Gasteiger partial charge in [-0.05, 0) is 106 Å². The Balaban J connectivity index is 1.50. The number of hydrogen-bond donors (Lipinski definition) is 1. The molecule has 2 fully saturated rings. The molecule has 2 aromatic carbocycles. The molecule has 1 unspecified atom stereocenters. The monoisotopic (exact) mass is 512 g/mol. The number of nitrogens with zero attached hydrogens (tertiary/aromatic N) is 3. The summed E-state index contributed by atoms with van der Waals surface area (Å²) in [4.78, 5) is 32.3. The number of piperidine rings is 1. The molecule has 1 atom stereocenters. The summed E-state index contributed by atoms with van der Waals surface area (Å²) in [6.45, 7) is 5.95. The lowest BCUT2D eigenvalue weighted by molar-refractivity contribution is -0.124. The standard InChI is InChI=1S/C27H33FN4O3S/c1-3-14-30-15-12-19(13-16-30)18-31-24(17-25(33)29-21-6-10-23(35-2)11-7-21)26(34)32(27(31)36)22-8-4-20(28)5-9-22/h4-11,19,24H,3,12-18H2,1-2H3,(H,29,33). The number of amides is 2. The smallest absolute Gasteiger partial charge is 0.256 e. The molecule has 2 heterocycles. The lowest BCUT2D eigenvalue weighted by Crippen LogP contribution is -2.44. The van der Waals surface area contributed by atoms with E-state index in [1.54, 1.807) is 43.5 Å². The van der Waals surface area contributed by atoms with Gasteiger partial charge in [0.15, 0.2) is 5.11 Å². The zero-order valence-electron chi connectivity index (χ0n) is 20.8. The van der Waals surface area contributed by atoms with Gasteiger partial charge in [-0.2, -0.15) is 0 Å². The molecule has 0 aromatic heterocycles. The van der Waals surface area contributed by atoms with Crippen molar-refractivity contribution in [2.45, 2.75) is 38.6 Å². The Morgan fingerprint density at radius 2 is 1.78 bits per heavy atom. The predicted octanol–water partition coefficient (Wildman–Crippen LogP) is 4.29. The summed E-state index contributed by atoms with van der Waals surface area (Å²) in [5, 5.41) is 3.24. The lowest BCUT2D eigenvalue weighted by atomic mass is 9.95. The fourth-order valence-electron chi connectivity index (χ4n) is 4.92. The minimum absolute atomic E-state index is 0.0304. The minimum Gasteiger partial charge on any atom is -0.497 e. The fourth-order valence-corrected chi connectivity index (χ4v) is 5.32. The number of likely N-dealkylation sites (tertiary alicyclic amines) is 1. The van der Waals surface area contributed by atoms with Crippen molar-refractivity contribution in [1.82, 2.24) is 9.80 Å². The van der Waals surface area contributed by atoms with E-state index < -0.39 is 6.04 Å². The second-order valence-corrected chi connectivity index (χ2v) is 9.73. The second-order valence-electron chi connectivity index (χ2n) is 9.37. The van der Waals surface area contributed by atoms with Crippen molar-refractivity contribution < 1.29 is 18.7 Å². The van der Waals surface area contributed by atoms with Crippen LogP contribution in [0, 0.1) is 11.7 Å². The van der Waals surface area contributed by atoms with Gasteiger partial charge < -0.3 is 19.9 Å². The SMILES string of the molecule is CCCN1CCC(CN2C(=S)N(c3ccc(F)cc3)C(=O)C2CC(=O)Nc2ccc(OC)cc2)CC1. The highest BCUT2D eigenvalue weighted by Crippen LogP contribution is 2.30. The van der Waals surface area contributed by atoms with Crippen LogP contribution in [0.1, 0.15) is 32.6 Å². The first-order valence-corrected chi connectivity index (χ1v) is 12.9. The Hall–Kier alpha value is -3.04. The Morgan fingerprint density at radius 1 is 1.11 bits per heavy atom. The Labute approximate surface area is 217 Å². The second kappa shape index (κ2) is 11.8. The lowest BCUT2D eigenvalue weighted by Gasteiger charge is -2.35. The summed E-state index contributed by atoms with van der Waals surface area (Å²) in [5.41, 5.74) is 1.13. The summed E-state index contributed by atoms with van der Waals surface area (Å²) >= 11 is 5.76. The van der Waals surface area contributed by atoms with Crippen LogP contribution in [0.25, 0.3) is 0 Å². The number of anilines is 2. The maximum absolute atomic E-state index is 13.6. The molecule has 2 aliphatic heterocycles. The van der Waals surface area contributed by atoms with Crippen molar-refractivity contribution in [3.8, 4) is 5.75 Å². The summed E-state index contributed by atoms with van der Waals surface area (Å²) < 4.78 is 18.7. The van der Waals surface area contributed by atoms with Crippen LogP contribution in [-0.2, 0) is 9.59 Å². The molecule has 2 saturated heterocycles. The molecule has 192 valence electrons. The molecule has 2 amide bonds. The maximum Gasteiger partial charge on any atom is 0.256 e. The van der Waals surface area contributed by atoms with Crippen LogP contribution in [0.5, 0.6) is 5.75 Å². The fraction of sp³-hybridized carbons (Fsp3) is 0.444. The van der Waals surface area contributed by atoms with E-state index in [1.807, 2.05) is 4.90 Å². The van der Waals surface area contributed by atoms with E-state index in [-0.39, 0.29) is 24.1 Å². The first-order chi connectivity index (χ1) is 17.4. The summed E-state index contributed by atoms with van der Waals surface area (Å²) in [7, 11) is 1.58. The van der Waals surface area contributed by atoms with Crippen molar-refractivity contribution in [3.05, 3.63) is 54.3 Å². The summed E-state index contributed by atoms with van der Waals surface area (Å²) in [6.07, 6.45) is 3.15. The van der Waals surface area contributed by atoms with Crippen molar-refractivity contribution >= 4 is 40.5 Å². The topological polar surface area (TPSA) is 65.1 Å². The zero-order chi connectivity index (χ0) is 25.7. The minimum atomic E-state index is -0.713. The van der Waals surface area contributed by atoms with Crippen molar-refractivity contribution in [1.29, 1.82) is 0 Å². The van der Waals surface area contributed by atoms with E-state index in [1.165, 1.54) is 17.0 Å². The van der Waals surface area contributed by atoms with Gasteiger partial charge in [-0.15, -0.1) is 0 Å². The Morgan fingerprint density at radius 3 is 2.39 bits per heavy atom. The number of hydrogen-bond acceptors (Lipinski definition) is 5. The van der Waals surface area contributed by atoms with Gasteiger partial charge in [0.1, 0.15) is 17.6 Å². The third-order valence-electron chi connectivity index (χ3n) is 6.86. The number of benzene rings is 2. The molecule has 1 N–H and O–H groups in total. The van der Waals surface area contributed by atoms with Crippen LogP contribution < -0.4 is 15.0 Å². The van der Waals surface area contributed by atoms with Crippen LogP contribution >= 0.6 is 12.2 Å². The molecule has 9 heteroatoms. The first kappa shape index (κ1) is 26.0. The average Bonchev–Trinajstić information content (AvgIpc) is 3.10. The normalized spacial score (nSPS) is 19.1. The number of halogens is 1. The van der Waals surface area contributed by atoms with Crippen LogP contribution in [0.15, 0.2) is 48.5 Å². The molecule has 7 nitrogen and oxygen atoms in total. The molecule has 0 bridgehead atoms. The van der Waals surface area contributed by atoms with Crippen molar-refractivity contribution in [2.24, 2.45) is 5.92 Å². The molecule has 2 aromatic rings. The van der Waals surface area contributed by atoms with E-state index in [4.69, 9.17) is 17.0 Å². The molecule has 0 aliphatic carbocycles. The highest BCUT2D eigenvalue weighted by molar-refractivity contribution is 7.80. The Kier molecular flexibility index (Phi) is 8.53. The summed E-state index contributed by atoms with van der Waals surface area (Å²) in [6, 6.07) is 12.0. The van der Waals surface area contributed by atoms with Crippen LogP contribution in [-0.4, -0.2) is 66.1 Å². The number of carbonyl (C=O) groups is 2. The van der Waals surface area contributed by atoms with Crippen LogP contribution in [0.2, 0.25) is 0 Å². The van der Waals surface area contributed by atoms with Gasteiger partial charge in [0.05, 0.1) is 19.2 Å². The van der Waals surface area contributed by atoms with Crippen molar-refractivity contribution in [2.75, 3.05) is 43.5 Å². The number of rotatable bonds is 9. The van der Waals surface area contributed by atoms with Gasteiger partial charge in [-0.1, -0.05) is 6.92 Å². The van der Waals surface area contributed by atoms with Gasteiger partial charge in [-0.3, -0.25) is 14.5 Å². The molecular formula is C27H33FN4O3S. The summed E-state index contributed by atoms with van der Waals surface area (Å²) in [5.74, 6) is 0.145. The molecular weight excluding hydrogens is 479 g/mol. The molecule has 0 spiro atoms. The third kappa shape index (κ3) is 6.02. The molecule has 36 heavy (non-hydrogen) atoms. The van der Waals surface area contributed by atoms with Gasteiger partial charge in [0.2, 0.25) is 5.91 Å². The highest BCUT2D eigenvalue weighted by Gasteiger charge is 2.45. The van der Waals surface area contributed by atoms with Gasteiger partial charge in [-0.25, -0.2) is 4.39 Å². The molecule has 4 rings (SSSR count). The number of carbonyl (C=O) groups excluding carboxylic acids is 2. The van der Waals surface area contributed by atoms with E-state index in [0.29, 0.717) is 34.7 Å². The number of methoxy groups -OCH3 is 1. The van der Waals surface area contributed by atoms with E-state index in [0.717, 1.165) is 38.9 Å². The quantitative estimate of drug-likeness (QED) is 0.506.